The Balaban J connectivity index is 2.06. The van der Waals surface area contributed by atoms with Crippen molar-refractivity contribution in [3.63, 3.8) is 0 Å². The van der Waals surface area contributed by atoms with Gasteiger partial charge in [-0.1, -0.05) is 28.1 Å². The maximum absolute atomic E-state index is 14.1. The molecular weight excluding hydrogens is 377 g/mol. The highest BCUT2D eigenvalue weighted by Crippen LogP contribution is 2.33. The number of nitrogens with zero attached hydrogens (tertiary/aromatic N) is 1. The molecule has 0 spiro atoms. The first-order chi connectivity index (χ1) is 11.5. The van der Waals surface area contributed by atoms with Gasteiger partial charge in [-0.25, -0.2) is 9.37 Å². The molecule has 24 heavy (non-hydrogen) atoms. The number of pyridine rings is 1. The maximum atomic E-state index is 14.1. The number of methoxy groups -OCH3 is 2. The number of aliphatic hydroxyl groups is 1. The molecule has 0 bridgehead atoms. The summed E-state index contributed by atoms with van der Waals surface area (Å²) in [6, 6.07) is 11.5. The van der Waals surface area contributed by atoms with Gasteiger partial charge in [-0.05, 0) is 24.3 Å². The molecule has 6 heteroatoms. The summed E-state index contributed by atoms with van der Waals surface area (Å²) in [5.41, 5.74) is 1.16. The lowest BCUT2D eigenvalue weighted by molar-refractivity contribution is 0.210. The molecule has 3 rings (SSSR count). The number of ether oxygens (including phenoxy) is 2. The summed E-state index contributed by atoms with van der Waals surface area (Å²) in [5, 5.41) is 11.3. The molecule has 0 aliphatic heterocycles. The lowest BCUT2D eigenvalue weighted by Gasteiger charge is -2.14. The van der Waals surface area contributed by atoms with Gasteiger partial charge in [0, 0.05) is 21.5 Å². The Bertz CT molecular complexity index is 901. The van der Waals surface area contributed by atoms with Gasteiger partial charge in [-0.2, -0.15) is 0 Å². The van der Waals surface area contributed by atoms with Gasteiger partial charge in [0.2, 0.25) is 0 Å². The van der Waals surface area contributed by atoms with Crippen LogP contribution in [-0.2, 0) is 0 Å². The number of aliphatic hydroxyl groups excluding tert-OH is 1. The van der Waals surface area contributed by atoms with Gasteiger partial charge in [0.15, 0.2) is 11.5 Å². The van der Waals surface area contributed by atoms with Gasteiger partial charge in [-0.15, -0.1) is 0 Å². The molecule has 0 amide bonds. The van der Waals surface area contributed by atoms with Crippen molar-refractivity contribution in [2.75, 3.05) is 14.2 Å². The molecule has 4 nitrogen and oxygen atoms in total. The number of aromatic nitrogens is 1. The van der Waals surface area contributed by atoms with Crippen molar-refractivity contribution in [3.8, 4) is 11.5 Å². The molecule has 1 heterocycles. The average molecular weight is 392 g/mol. The third-order valence-corrected chi connectivity index (χ3v) is 4.25. The second-order valence-electron chi connectivity index (χ2n) is 5.20. The van der Waals surface area contributed by atoms with Crippen molar-refractivity contribution in [2.24, 2.45) is 0 Å². The Morgan fingerprint density at radius 2 is 1.75 bits per heavy atom. The summed E-state index contributed by atoms with van der Waals surface area (Å²) >= 11 is 3.20. The molecule has 0 aliphatic rings. The third-order valence-electron chi connectivity index (χ3n) is 3.75. The summed E-state index contributed by atoms with van der Waals surface area (Å²) in [6.45, 7) is 0. The van der Waals surface area contributed by atoms with Crippen molar-refractivity contribution in [2.45, 2.75) is 6.10 Å². The molecular formula is C18H15BrFNO3. The van der Waals surface area contributed by atoms with E-state index in [1.165, 1.54) is 12.1 Å². The molecule has 0 radical (unpaired) electrons. The van der Waals surface area contributed by atoms with Gasteiger partial charge in [0.25, 0.3) is 0 Å². The second-order valence-corrected chi connectivity index (χ2v) is 6.12. The normalized spacial score (nSPS) is 12.2. The summed E-state index contributed by atoms with van der Waals surface area (Å²) in [4.78, 5) is 4.44. The van der Waals surface area contributed by atoms with Crippen LogP contribution in [0.5, 0.6) is 11.5 Å². The zero-order valence-electron chi connectivity index (χ0n) is 13.1. The molecule has 3 aromatic rings. The van der Waals surface area contributed by atoms with Gasteiger partial charge in [0.05, 0.1) is 25.4 Å². The minimum absolute atomic E-state index is 0.172. The molecule has 1 unspecified atom stereocenters. The van der Waals surface area contributed by atoms with E-state index in [0.717, 1.165) is 5.39 Å². The zero-order chi connectivity index (χ0) is 17.3. The fraction of sp³-hybridized carbons (Fsp3) is 0.167. The summed E-state index contributed by atoms with van der Waals surface area (Å²) in [7, 11) is 3.10. The highest BCUT2D eigenvalue weighted by molar-refractivity contribution is 9.10. The van der Waals surface area contributed by atoms with Gasteiger partial charge < -0.3 is 14.6 Å². The first-order valence-electron chi connectivity index (χ1n) is 7.19. The van der Waals surface area contributed by atoms with E-state index in [9.17, 15) is 9.50 Å². The summed E-state index contributed by atoms with van der Waals surface area (Å²) < 4.78 is 25.2. The molecule has 124 valence electrons. The van der Waals surface area contributed by atoms with Crippen LogP contribution < -0.4 is 9.47 Å². The largest absolute Gasteiger partial charge is 0.493 e. The smallest absolute Gasteiger partial charge is 0.162 e. The third kappa shape index (κ3) is 3.07. The lowest BCUT2D eigenvalue weighted by atomic mass is 10.0. The van der Waals surface area contributed by atoms with Crippen LogP contribution in [0.4, 0.5) is 4.39 Å². The molecule has 2 aromatic carbocycles. The van der Waals surface area contributed by atoms with Crippen molar-refractivity contribution in [1.29, 1.82) is 0 Å². The van der Waals surface area contributed by atoms with E-state index in [2.05, 4.69) is 20.9 Å². The van der Waals surface area contributed by atoms with Crippen LogP contribution in [0, 0.1) is 5.82 Å². The Kier molecular flexibility index (Phi) is 4.69. The van der Waals surface area contributed by atoms with E-state index >= 15 is 0 Å². The Labute approximate surface area is 147 Å². The first kappa shape index (κ1) is 16.7. The van der Waals surface area contributed by atoms with Crippen LogP contribution in [0.1, 0.15) is 17.4 Å². The zero-order valence-corrected chi connectivity index (χ0v) is 14.7. The predicted octanol–water partition coefficient (Wildman–Crippen LogP) is 4.24. The topological polar surface area (TPSA) is 51.6 Å². The lowest BCUT2D eigenvalue weighted by Crippen LogP contribution is -2.05. The minimum atomic E-state index is -1.16. The second kappa shape index (κ2) is 6.75. The van der Waals surface area contributed by atoms with Gasteiger partial charge in [-0.3, -0.25) is 0 Å². The first-order valence-corrected chi connectivity index (χ1v) is 7.98. The molecule has 0 saturated heterocycles. The molecule has 0 fully saturated rings. The van der Waals surface area contributed by atoms with E-state index in [1.54, 1.807) is 44.6 Å². The number of hydrogen-bond acceptors (Lipinski definition) is 4. The van der Waals surface area contributed by atoms with E-state index < -0.39 is 11.9 Å². The number of benzene rings is 2. The van der Waals surface area contributed by atoms with Crippen LogP contribution in [-0.4, -0.2) is 24.3 Å². The van der Waals surface area contributed by atoms with Crippen molar-refractivity contribution >= 4 is 26.8 Å². The van der Waals surface area contributed by atoms with Crippen molar-refractivity contribution in [3.05, 3.63) is 64.0 Å². The predicted molar refractivity (Wildman–Crippen MR) is 93.0 cm³/mol. The Morgan fingerprint density at radius 3 is 2.42 bits per heavy atom. The van der Waals surface area contributed by atoms with Gasteiger partial charge in [0.1, 0.15) is 11.9 Å². The van der Waals surface area contributed by atoms with Crippen LogP contribution in [0.3, 0.4) is 0 Å². The average Bonchev–Trinajstić information content (AvgIpc) is 2.59. The Morgan fingerprint density at radius 1 is 1.04 bits per heavy atom. The van der Waals surface area contributed by atoms with Crippen LogP contribution in [0.15, 0.2) is 46.9 Å². The number of hydrogen-bond donors (Lipinski definition) is 1. The quantitative estimate of drug-likeness (QED) is 0.722. The Hall–Kier alpha value is -2.18. The van der Waals surface area contributed by atoms with Crippen molar-refractivity contribution in [1.82, 2.24) is 4.98 Å². The summed E-state index contributed by atoms with van der Waals surface area (Å²) in [6.07, 6.45) is -1.16. The SMILES string of the molecule is COc1cc2ccc(C(O)c3ccc(Br)cc3F)nc2cc1OC. The van der Waals surface area contributed by atoms with Gasteiger partial charge >= 0.3 is 0 Å². The fourth-order valence-corrected chi connectivity index (χ4v) is 2.83. The molecule has 1 atom stereocenters. The fourth-order valence-electron chi connectivity index (χ4n) is 2.50. The van der Waals surface area contributed by atoms with Crippen LogP contribution in [0.2, 0.25) is 0 Å². The molecule has 1 N–H and O–H groups in total. The highest BCUT2D eigenvalue weighted by atomic mass is 79.9. The van der Waals surface area contributed by atoms with E-state index in [4.69, 9.17) is 9.47 Å². The number of fused-ring (bicyclic) bond motifs is 1. The molecule has 1 aromatic heterocycles. The van der Waals surface area contributed by atoms with Crippen molar-refractivity contribution < 1.29 is 19.0 Å². The van der Waals surface area contributed by atoms with E-state index in [0.29, 0.717) is 27.2 Å². The van der Waals surface area contributed by atoms with Crippen LogP contribution in [0.25, 0.3) is 10.9 Å². The maximum Gasteiger partial charge on any atom is 0.162 e. The minimum Gasteiger partial charge on any atom is -0.493 e. The standard InChI is InChI=1S/C18H15BrFNO3/c1-23-16-7-10-3-6-14(21-15(10)9-17(16)24-2)18(22)12-5-4-11(19)8-13(12)20/h3-9,18,22H,1-2H3. The molecule has 0 aliphatic carbocycles. The monoisotopic (exact) mass is 391 g/mol. The number of rotatable bonds is 4. The van der Waals surface area contributed by atoms with E-state index in [-0.39, 0.29) is 5.56 Å². The summed E-state index contributed by atoms with van der Waals surface area (Å²) in [5.74, 6) is 0.643. The van der Waals surface area contributed by atoms with Crippen LogP contribution >= 0.6 is 15.9 Å². The van der Waals surface area contributed by atoms with E-state index in [1.807, 2.05) is 0 Å². The molecule has 0 saturated carbocycles. The highest BCUT2D eigenvalue weighted by Gasteiger charge is 2.17. The number of halogens is 2.